The zero-order valence-electron chi connectivity index (χ0n) is 8.29. The van der Waals surface area contributed by atoms with Crippen LogP contribution in [-0.2, 0) is 4.79 Å². The number of carbonyl (C=O) groups excluding carboxylic acids is 1. The van der Waals surface area contributed by atoms with Crippen LogP contribution in [0.25, 0.3) is 0 Å². The van der Waals surface area contributed by atoms with Crippen LogP contribution in [0, 0.1) is 5.41 Å². The minimum Gasteiger partial charge on any atom is -0.338 e. The summed E-state index contributed by atoms with van der Waals surface area (Å²) in [6, 6.07) is 0. The number of rotatable bonds is 1. The highest BCUT2D eigenvalue weighted by molar-refractivity contribution is 5.88. The molecule has 2 rings (SSSR count). The maximum Gasteiger partial charge on any atom is 0.246 e. The van der Waals surface area contributed by atoms with Gasteiger partial charge in [0.1, 0.15) is 0 Å². The molecule has 2 saturated heterocycles. The van der Waals surface area contributed by atoms with Gasteiger partial charge in [0.2, 0.25) is 5.91 Å². The third-order valence-corrected chi connectivity index (χ3v) is 2.88. The van der Waals surface area contributed by atoms with Crippen LogP contribution in [0.1, 0.15) is 6.92 Å². The first-order valence-electron chi connectivity index (χ1n) is 4.75. The average Bonchev–Trinajstić information content (AvgIpc) is 1.94. The molecule has 0 aliphatic carbocycles. The van der Waals surface area contributed by atoms with Crippen molar-refractivity contribution in [2.24, 2.45) is 5.41 Å². The molecule has 1 spiro atoms. The van der Waals surface area contributed by atoms with Crippen LogP contribution in [0.2, 0.25) is 0 Å². The Balaban J connectivity index is 1.82. The molecular weight excluding hydrogens is 164 g/mol. The largest absolute Gasteiger partial charge is 0.338 e. The number of allylic oxidation sites excluding steroid dienone is 1. The Kier molecular flexibility index (Phi) is 1.91. The average molecular weight is 180 g/mol. The molecule has 72 valence electrons. The van der Waals surface area contributed by atoms with Crippen LogP contribution < -0.4 is 0 Å². The first-order chi connectivity index (χ1) is 6.15. The molecule has 0 bridgehead atoms. The van der Waals surface area contributed by atoms with Crippen LogP contribution >= 0.6 is 0 Å². The number of hydrogen-bond acceptors (Lipinski definition) is 2. The standard InChI is InChI=1S/C10H16N2O/c1-3-4-9(13)12-7-10(8-12)5-11(2)6-10/h3-4H,5-8H2,1-2H3. The van der Waals surface area contributed by atoms with E-state index in [2.05, 4.69) is 11.9 Å². The quantitative estimate of drug-likeness (QED) is 0.543. The second-order valence-electron chi connectivity index (χ2n) is 4.37. The minimum atomic E-state index is 0.169. The molecule has 0 unspecified atom stereocenters. The summed E-state index contributed by atoms with van der Waals surface area (Å²) in [5, 5.41) is 0. The van der Waals surface area contributed by atoms with Gasteiger partial charge >= 0.3 is 0 Å². The van der Waals surface area contributed by atoms with Crippen molar-refractivity contribution in [3.8, 4) is 0 Å². The van der Waals surface area contributed by atoms with E-state index < -0.39 is 0 Å². The molecule has 3 heteroatoms. The smallest absolute Gasteiger partial charge is 0.246 e. The number of amides is 1. The van der Waals surface area contributed by atoms with Crippen molar-refractivity contribution in [3.63, 3.8) is 0 Å². The number of hydrogen-bond donors (Lipinski definition) is 0. The van der Waals surface area contributed by atoms with Crippen molar-refractivity contribution in [2.45, 2.75) is 6.92 Å². The topological polar surface area (TPSA) is 23.6 Å². The van der Waals surface area contributed by atoms with Crippen LogP contribution in [0.5, 0.6) is 0 Å². The van der Waals surface area contributed by atoms with Gasteiger partial charge in [-0.15, -0.1) is 0 Å². The van der Waals surface area contributed by atoms with Crippen molar-refractivity contribution in [3.05, 3.63) is 12.2 Å². The van der Waals surface area contributed by atoms with Gasteiger partial charge in [-0.3, -0.25) is 4.79 Å². The summed E-state index contributed by atoms with van der Waals surface area (Å²) >= 11 is 0. The second-order valence-corrected chi connectivity index (χ2v) is 4.37. The van der Waals surface area contributed by atoms with Gasteiger partial charge in [-0.25, -0.2) is 0 Å². The molecule has 2 fully saturated rings. The Hall–Kier alpha value is -0.830. The Morgan fingerprint density at radius 3 is 2.38 bits per heavy atom. The number of carbonyl (C=O) groups is 1. The van der Waals surface area contributed by atoms with Gasteiger partial charge in [0.15, 0.2) is 0 Å². The van der Waals surface area contributed by atoms with E-state index in [9.17, 15) is 4.79 Å². The van der Waals surface area contributed by atoms with E-state index in [1.807, 2.05) is 11.8 Å². The van der Waals surface area contributed by atoms with Gasteiger partial charge in [0.25, 0.3) is 0 Å². The van der Waals surface area contributed by atoms with Gasteiger partial charge in [-0.2, -0.15) is 0 Å². The van der Waals surface area contributed by atoms with E-state index in [-0.39, 0.29) is 5.91 Å². The van der Waals surface area contributed by atoms with E-state index in [4.69, 9.17) is 0 Å². The summed E-state index contributed by atoms with van der Waals surface area (Å²) in [6.45, 7) is 6.12. The van der Waals surface area contributed by atoms with Gasteiger partial charge in [0.05, 0.1) is 0 Å². The highest BCUT2D eigenvalue weighted by atomic mass is 16.2. The van der Waals surface area contributed by atoms with Gasteiger partial charge in [-0.1, -0.05) is 6.08 Å². The fraction of sp³-hybridized carbons (Fsp3) is 0.700. The zero-order chi connectivity index (χ0) is 9.47. The van der Waals surface area contributed by atoms with E-state index >= 15 is 0 Å². The molecule has 2 aliphatic rings. The molecular formula is C10H16N2O. The lowest BCUT2D eigenvalue weighted by Gasteiger charge is -2.59. The summed E-state index contributed by atoms with van der Waals surface area (Å²) in [6.07, 6.45) is 3.45. The first-order valence-corrected chi connectivity index (χ1v) is 4.75. The Morgan fingerprint density at radius 1 is 1.31 bits per heavy atom. The Labute approximate surface area is 79.0 Å². The van der Waals surface area contributed by atoms with E-state index in [1.54, 1.807) is 12.2 Å². The predicted octanol–water partition coefficient (Wildman–Crippen LogP) is 0.337. The zero-order valence-corrected chi connectivity index (χ0v) is 8.29. The fourth-order valence-corrected chi connectivity index (χ4v) is 2.47. The van der Waals surface area contributed by atoms with E-state index in [1.165, 1.54) is 0 Å². The summed E-state index contributed by atoms with van der Waals surface area (Å²) in [5.74, 6) is 0.169. The van der Waals surface area contributed by atoms with E-state index in [0.717, 1.165) is 26.2 Å². The molecule has 0 aromatic rings. The number of likely N-dealkylation sites (tertiary alicyclic amines) is 2. The summed E-state index contributed by atoms with van der Waals surface area (Å²) in [5.41, 5.74) is 0.464. The van der Waals surface area contributed by atoms with Crippen LogP contribution in [0.4, 0.5) is 0 Å². The Morgan fingerprint density at radius 2 is 1.92 bits per heavy atom. The third-order valence-electron chi connectivity index (χ3n) is 2.88. The summed E-state index contributed by atoms with van der Waals surface area (Å²) in [4.78, 5) is 15.6. The highest BCUT2D eigenvalue weighted by Crippen LogP contribution is 2.38. The maximum absolute atomic E-state index is 11.4. The normalized spacial score (nSPS) is 26.2. The van der Waals surface area contributed by atoms with E-state index in [0.29, 0.717) is 5.41 Å². The third kappa shape index (κ3) is 1.37. The predicted molar refractivity (Wildman–Crippen MR) is 51.3 cm³/mol. The molecule has 1 amide bonds. The lowest BCUT2D eigenvalue weighted by Crippen LogP contribution is -2.71. The van der Waals surface area contributed by atoms with Gasteiger partial charge < -0.3 is 9.80 Å². The molecule has 13 heavy (non-hydrogen) atoms. The molecule has 0 N–H and O–H groups in total. The molecule has 2 heterocycles. The molecule has 0 radical (unpaired) electrons. The summed E-state index contributed by atoms with van der Waals surface area (Å²) in [7, 11) is 2.13. The minimum absolute atomic E-state index is 0.169. The highest BCUT2D eigenvalue weighted by Gasteiger charge is 2.51. The van der Waals surface area contributed by atoms with Crippen LogP contribution in [0.3, 0.4) is 0 Å². The monoisotopic (exact) mass is 180 g/mol. The lowest BCUT2D eigenvalue weighted by molar-refractivity contribution is -0.151. The molecule has 0 atom stereocenters. The fourth-order valence-electron chi connectivity index (χ4n) is 2.47. The second kappa shape index (κ2) is 2.84. The molecule has 2 aliphatic heterocycles. The SMILES string of the molecule is CC=CC(=O)N1CC2(CN(C)C2)C1. The van der Waals surface area contributed by atoms with Crippen molar-refractivity contribution < 1.29 is 4.79 Å². The van der Waals surface area contributed by atoms with Crippen molar-refractivity contribution in [2.75, 3.05) is 33.2 Å². The molecule has 3 nitrogen and oxygen atoms in total. The molecule has 0 saturated carbocycles. The molecule has 0 aromatic heterocycles. The molecule has 0 aromatic carbocycles. The lowest BCUT2D eigenvalue weighted by atomic mass is 9.73. The van der Waals surface area contributed by atoms with Gasteiger partial charge in [-0.05, 0) is 20.0 Å². The summed E-state index contributed by atoms with van der Waals surface area (Å²) < 4.78 is 0. The van der Waals surface area contributed by atoms with Crippen LogP contribution in [0.15, 0.2) is 12.2 Å². The Bertz CT molecular complexity index is 246. The van der Waals surface area contributed by atoms with Crippen LogP contribution in [-0.4, -0.2) is 48.9 Å². The van der Waals surface area contributed by atoms with Crippen molar-refractivity contribution in [1.29, 1.82) is 0 Å². The van der Waals surface area contributed by atoms with Crippen molar-refractivity contribution in [1.82, 2.24) is 9.80 Å². The van der Waals surface area contributed by atoms with Gasteiger partial charge in [0, 0.05) is 31.6 Å². The maximum atomic E-state index is 11.4. The number of nitrogens with zero attached hydrogens (tertiary/aromatic N) is 2. The van der Waals surface area contributed by atoms with Crippen molar-refractivity contribution >= 4 is 5.91 Å². The first kappa shape index (κ1) is 8.75.